The number of hydrogen-bond donors (Lipinski definition) is 2. The van der Waals surface area contributed by atoms with Crippen molar-refractivity contribution in [2.24, 2.45) is 5.92 Å². The van der Waals surface area contributed by atoms with Crippen molar-refractivity contribution in [1.82, 2.24) is 14.9 Å². The Bertz CT molecular complexity index is 828. The fourth-order valence-electron chi connectivity index (χ4n) is 2.70. The Morgan fingerprint density at radius 3 is 2.46 bits per heavy atom. The van der Waals surface area contributed by atoms with E-state index < -0.39 is 29.9 Å². The summed E-state index contributed by atoms with van der Waals surface area (Å²) in [5.41, 5.74) is 0.544. The molecule has 0 fully saturated rings. The first kappa shape index (κ1) is 19.7. The van der Waals surface area contributed by atoms with Crippen LogP contribution in [0.5, 0.6) is 0 Å². The molecule has 0 saturated carbocycles. The van der Waals surface area contributed by atoms with Crippen LogP contribution in [0, 0.1) is 5.92 Å². The Balaban J connectivity index is 2.29. The highest BCUT2D eigenvalue weighted by molar-refractivity contribution is 5.97. The average molecular weight is 371 g/mol. The van der Waals surface area contributed by atoms with Gasteiger partial charge in [0.05, 0.1) is 11.0 Å². The molecule has 26 heavy (non-hydrogen) atoms. The van der Waals surface area contributed by atoms with Crippen LogP contribution in [0.25, 0.3) is 11.0 Å². The number of halogens is 3. The lowest BCUT2D eigenvalue weighted by Crippen LogP contribution is -2.29. The molecular formula is C17H20F3N3O3. The Labute approximate surface area is 148 Å². The van der Waals surface area contributed by atoms with Crippen molar-refractivity contribution in [3.05, 3.63) is 29.6 Å². The Hall–Kier alpha value is -2.58. The zero-order valence-electron chi connectivity index (χ0n) is 14.6. The zero-order valence-corrected chi connectivity index (χ0v) is 14.6. The van der Waals surface area contributed by atoms with Gasteiger partial charge in [-0.2, -0.15) is 13.2 Å². The molecule has 2 rings (SSSR count). The van der Waals surface area contributed by atoms with Crippen molar-refractivity contribution in [3.8, 4) is 0 Å². The fourth-order valence-corrected chi connectivity index (χ4v) is 2.70. The molecule has 1 amide bonds. The maximum atomic E-state index is 13.2. The number of alkyl halides is 3. The van der Waals surface area contributed by atoms with E-state index in [1.54, 1.807) is 20.8 Å². The maximum Gasteiger partial charge on any atom is 0.449 e. The minimum atomic E-state index is -4.60. The highest BCUT2D eigenvalue weighted by atomic mass is 19.4. The first-order chi connectivity index (χ1) is 12.0. The summed E-state index contributed by atoms with van der Waals surface area (Å²) in [5, 5.41) is 11.3. The van der Waals surface area contributed by atoms with Gasteiger partial charge in [0.1, 0.15) is 0 Å². The van der Waals surface area contributed by atoms with E-state index in [2.05, 4.69) is 10.3 Å². The smallest absolute Gasteiger partial charge is 0.449 e. The van der Waals surface area contributed by atoms with Crippen LogP contribution in [0.4, 0.5) is 13.2 Å². The van der Waals surface area contributed by atoms with Crippen LogP contribution in [0.2, 0.25) is 0 Å². The molecular weight excluding hydrogens is 351 g/mol. The van der Waals surface area contributed by atoms with Crippen molar-refractivity contribution < 1.29 is 27.9 Å². The topological polar surface area (TPSA) is 84.2 Å². The molecule has 0 spiro atoms. The van der Waals surface area contributed by atoms with Crippen molar-refractivity contribution in [3.63, 3.8) is 0 Å². The Kier molecular flexibility index (Phi) is 5.58. The van der Waals surface area contributed by atoms with Crippen molar-refractivity contribution in [2.75, 3.05) is 6.54 Å². The monoisotopic (exact) mass is 371 g/mol. The van der Waals surface area contributed by atoms with Crippen LogP contribution in [-0.2, 0) is 11.0 Å². The van der Waals surface area contributed by atoms with E-state index >= 15 is 0 Å². The number of nitrogens with one attached hydrogen (secondary N) is 1. The van der Waals surface area contributed by atoms with E-state index in [9.17, 15) is 22.8 Å². The number of aromatic nitrogens is 2. The summed E-state index contributed by atoms with van der Waals surface area (Å²) in [7, 11) is 0. The molecule has 0 bridgehead atoms. The highest BCUT2D eigenvalue weighted by Gasteiger charge is 2.38. The number of rotatable bonds is 6. The molecule has 0 saturated heterocycles. The molecule has 0 aliphatic rings. The third kappa shape index (κ3) is 4.33. The summed E-state index contributed by atoms with van der Waals surface area (Å²) >= 11 is 0. The summed E-state index contributed by atoms with van der Waals surface area (Å²) in [6.45, 7) is 5.08. The van der Waals surface area contributed by atoms with Crippen LogP contribution in [-0.4, -0.2) is 33.1 Å². The number of carboxylic acid groups (broad SMARTS) is 1. The third-order valence-electron chi connectivity index (χ3n) is 3.86. The van der Waals surface area contributed by atoms with Gasteiger partial charge in [-0.25, -0.2) is 4.98 Å². The molecule has 2 aromatic rings. The van der Waals surface area contributed by atoms with Gasteiger partial charge in [-0.3, -0.25) is 9.59 Å². The quantitative estimate of drug-likeness (QED) is 0.814. The molecule has 6 nitrogen and oxygen atoms in total. The van der Waals surface area contributed by atoms with Crippen LogP contribution < -0.4 is 5.32 Å². The lowest BCUT2D eigenvalue weighted by molar-refractivity contribution is -0.147. The van der Waals surface area contributed by atoms with Crippen LogP contribution in [0.1, 0.15) is 49.4 Å². The lowest BCUT2D eigenvalue weighted by Gasteiger charge is -2.14. The van der Waals surface area contributed by atoms with Gasteiger partial charge < -0.3 is 15.0 Å². The molecule has 9 heteroatoms. The molecule has 1 atom stereocenters. The minimum Gasteiger partial charge on any atom is -0.481 e. The average Bonchev–Trinajstić information content (AvgIpc) is 2.90. The second kappa shape index (κ2) is 7.35. The molecule has 0 aliphatic heterocycles. The van der Waals surface area contributed by atoms with Crippen LogP contribution in [0.15, 0.2) is 18.2 Å². The number of fused-ring (bicyclic) bond motifs is 1. The van der Waals surface area contributed by atoms with Gasteiger partial charge in [0.25, 0.3) is 5.91 Å². The number of amides is 1. The number of carbonyl (C=O) groups is 2. The van der Waals surface area contributed by atoms with Crippen molar-refractivity contribution >= 4 is 22.9 Å². The van der Waals surface area contributed by atoms with Crippen molar-refractivity contribution in [1.29, 1.82) is 0 Å². The summed E-state index contributed by atoms with van der Waals surface area (Å²) in [5.74, 6) is -2.73. The molecule has 1 unspecified atom stereocenters. The maximum absolute atomic E-state index is 13.2. The van der Waals surface area contributed by atoms with Gasteiger partial charge in [0, 0.05) is 24.6 Å². The number of hydrogen-bond acceptors (Lipinski definition) is 3. The second-order valence-corrected chi connectivity index (χ2v) is 6.51. The van der Waals surface area contributed by atoms with Gasteiger partial charge in [-0.15, -0.1) is 0 Å². The van der Waals surface area contributed by atoms with Gasteiger partial charge in [-0.1, -0.05) is 6.92 Å². The van der Waals surface area contributed by atoms with E-state index in [4.69, 9.17) is 5.11 Å². The second-order valence-electron chi connectivity index (χ2n) is 6.51. The third-order valence-corrected chi connectivity index (χ3v) is 3.86. The van der Waals surface area contributed by atoms with E-state index in [-0.39, 0.29) is 30.0 Å². The summed E-state index contributed by atoms with van der Waals surface area (Å²) in [4.78, 5) is 26.5. The lowest BCUT2D eigenvalue weighted by atomic mass is 10.1. The standard InChI is InChI=1S/C17H20F3N3O3/c1-9(2)23-13-5-4-11(7-12(13)22-16(23)17(18,19)20)15(26)21-8-10(3)6-14(24)25/h4-5,7,9-10H,6,8H2,1-3H3,(H,21,26)(H,24,25). The van der Waals surface area contributed by atoms with E-state index in [0.717, 1.165) is 4.57 Å². The van der Waals surface area contributed by atoms with Crippen LogP contribution in [0.3, 0.4) is 0 Å². The van der Waals surface area contributed by atoms with Crippen LogP contribution >= 0.6 is 0 Å². The summed E-state index contributed by atoms with van der Waals surface area (Å²) in [6, 6.07) is 3.72. The SMILES string of the molecule is CC(CNC(=O)c1ccc2c(c1)nc(C(F)(F)F)n2C(C)C)CC(=O)O. The molecule has 1 heterocycles. The largest absolute Gasteiger partial charge is 0.481 e. The first-order valence-corrected chi connectivity index (χ1v) is 8.10. The minimum absolute atomic E-state index is 0.0808. The van der Waals surface area contributed by atoms with Gasteiger partial charge in [0.2, 0.25) is 5.82 Å². The van der Waals surface area contributed by atoms with E-state index in [1.807, 2.05) is 0 Å². The highest BCUT2D eigenvalue weighted by Crippen LogP contribution is 2.33. The number of benzene rings is 1. The molecule has 1 aromatic heterocycles. The predicted octanol–water partition coefficient (Wildman–Crippen LogP) is 3.48. The van der Waals surface area contributed by atoms with Gasteiger partial charge in [0.15, 0.2) is 0 Å². The number of aliphatic carboxylic acids is 1. The van der Waals surface area contributed by atoms with Gasteiger partial charge >= 0.3 is 12.1 Å². The number of carbonyl (C=O) groups excluding carboxylic acids is 1. The molecule has 0 radical (unpaired) electrons. The molecule has 1 aromatic carbocycles. The fraction of sp³-hybridized carbons (Fsp3) is 0.471. The molecule has 0 aliphatic carbocycles. The van der Waals surface area contributed by atoms with Crippen molar-refractivity contribution in [2.45, 2.75) is 39.4 Å². The summed E-state index contributed by atoms with van der Waals surface area (Å²) in [6.07, 6.45) is -4.69. The Morgan fingerprint density at radius 2 is 1.92 bits per heavy atom. The Morgan fingerprint density at radius 1 is 1.27 bits per heavy atom. The normalized spacial score (nSPS) is 13.2. The number of imidazole rings is 1. The predicted molar refractivity (Wildman–Crippen MR) is 88.9 cm³/mol. The van der Waals surface area contributed by atoms with E-state index in [0.29, 0.717) is 5.52 Å². The molecule has 2 N–H and O–H groups in total. The number of carboxylic acids is 1. The van der Waals surface area contributed by atoms with Gasteiger partial charge in [-0.05, 0) is 38.0 Å². The molecule has 142 valence electrons. The summed E-state index contributed by atoms with van der Waals surface area (Å²) < 4.78 is 40.7. The first-order valence-electron chi connectivity index (χ1n) is 8.10. The van der Waals surface area contributed by atoms with E-state index in [1.165, 1.54) is 18.2 Å². The number of nitrogens with zero attached hydrogens (tertiary/aromatic N) is 2. The zero-order chi connectivity index (χ0) is 19.6.